The molecular formula is C21H30IN5OS. The van der Waals surface area contributed by atoms with Crippen molar-refractivity contribution in [3.8, 4) is 0 Å². The van der Waals surface area contributed by atoms with Crippen LogP contribution in [-0.2, 0) is 18.4 Å². The monoisotopic (exact) mass is 527 g/mol. The predicted octanol–water partition coefficient (Wildman–Crippen LogP) is 4.89. The molecule has 0 fully saturated rings. The Bertz CT molecular complexity index is 895. The molecule has 3 aromatic rings. The summed E-state index contributed by atoms with van der Waals surface area (Å²) in [7, 11) is 0. The molecule has 0 aliphatic heterocycles. The maximum Gasteiger partial charge on any atom is 0.216 e. The number of halogens is 1. The van der Waals surface area contributed by atoms with Gasteiger partial charge in [-0.25, -0.2) is 15.0 Å². The van der Waals surface area contributed by atoms with E-state index < -0.39 is 0 Å². The van der Waals surface area contributed by atoms with Gasteiger partial charge in [0.1, 0.15) is 12.3 Å². The van der Waals surface area contributed by atoms with Gasteiger partial charge in [-0.3, -0.25) is 0 Å². The molecule has 0 saturated carbocycles. The number of fused-ring (bicyclic) bond motifs is 1. The Morgan fingerprint density at radius 3 is 2.69 bits per heavy atom. The molecule has 29 heavy (non-hydrogen) atoms. The number of aromatic nitrogens is 2. The Morgan fingerprint density at radius 1 is 1.21 bits per heavy atom. The van der Waals surface area contributed by atoms with Crippen molar-refractivity contribution < 1.29 is 4.42 Å². The van der Waals surface area contributed by atoms with Crippen LogP contribution in [0, 0.1) is 0 Å². The number of rotatable bonds is 7. The first-order valence-electron chi connectivity index (χ1n) is 9.77. The lowest BCUT2D eigenvalue weighted by Crippen LogP contribution is -2.37. The second-order valence-corrected chi connectivity index (χ2v) is 8.78. The third kappa shape index (κ3) is 6.95. The summed E-state index contributed by atoms with van der Waals surface area (Å²) in [5.74, 6) is 2.30. The second kappa shape index (κ2) is 10.9. The van der Waals surface area contributed by atoms with E-state index in [9.17, 15) is 0 Å². The van der Waals surface area contributed by atoms with Crippen molar-refractivity contribution in [3.05, 3.63) is 47.1 Å². The quantitative estimate of drug-likeness (QED) is 0.198. The van der Waals surface area contributed by atoms with Gasteiger partial charge in [-0.15, -0.1) is 35.3 Å². The zero-order valence-electron chi connectivity index (χ0n) is 17.5. The summed E-state index contributed by atoms with van der Waals surface area (Å²) in [4.78, 5) is 13.6. The second-order valence-electron chi connectivity index (χ2n) is 7.67. The molecule has 0 saturated heterocycles. The van der Waals surface area contributed by atoms with Crippen molar-refractivity contribution >= 4 is 51.5 Å². The van der Waals surface area contributed by atoms with Crippen LogP contribution in [0.2, 0.25) is 0 Å². The van der Waals surface area contributed by atoms with Crippen molar-refractivity contribution in [3.63, 3.8) is 0 Å². The van der Waals surface area contributed by atoms with E-state index in [2.05, 4.69) is 71.5 Å². The number of para-hydroxylation sites is 1. The van der Waals surface area contributed by atoms with Crippen LogP contribution in [0.5, 0.6) is 0 Å². The molecule has 1 aromatic carbocycles. The van der Waals surface area contributed by atoms with Gasteiger partial charge in [-0.05, 0) is 25.5 Å². The molecule has 2 aromatic heterocycles. The largest absolute Gasteiger partial charge is 0.443 e. The van der Waals surface area contributed by atoms with E-state index in [1.165, 1.54) is 9.71 Å². The molecule has 6 nitrogen and oxygen atoms in total. The zero-order valence-corrected chi connectivity index (χ0v) is 20.6. The number of aryl methyl sites for hydroxylation is 1. The molecule has 2 N–H and O–H groups in total. The minimum atomic E-state index is -0.0433. The standard InChI is InChI=1S/C21H29N5OS.HI/c1-5-22-20(25-14-18-24-13-17(27-18)21(2,3)4)23-12-8-11-19-26-15-9-6-7-10-16(15)28-19;/h6-7,9-10,13H,5,8,11-12,14H2,1-4H3,(H2,22,23,25);1H. The average molecular weight is 527 g/mol. The summed E-state index contributed by atoms with van der Waals surface area (Å²) >= 11 is 1.77. The van der Waals surface area contributed by atoms with Crippen LogP contribution in [0.4, 0.5) is 0 Å². The number of benzene rings is 1. The Morgan fingerprint density at radius 2 is 2.00 bits per heavy atom. The molecule has 0 aliphatic rings. The molecule has 8 heteroatoms. The molecule has 0 aliphatic carbocycles. The van der Waals surface area contributed by atoms with Crippen LogP contribution in [0.25, 0.3) is 10.2 Å². The van der Waals surface area contributed by atoms with Crippen molar-refractivity contribution in [2.24, 2.45) is 4.99 Å². The first kappa shape index (κ1) is 23.6. The van der Waals surface area contributed by atoms with Crippen molar-refractivity contribution in [2.45, 2.75) is 52.5 Å². The van der Waals surface area contributed by atoms with Crippen LogP contribution in [0.1, 0.15) is 50.8 Å². The maximum absolute atomic E-state index is 5.81. The smallest absolute Gasteiger partial charge is 0.216 e. The van der Waals surface area contributed by atoms with E-state index in [1.807, 2.05) is 6.07 Å². The van der Waals surface area contributed by atoms with Gasteiger partial charge < -0.3 is 15.1 Å². The number of nitrogens with zero attached hydrogens (tertiary/aromatic N) is 3. The van der Waals surface area contributed by atoms with Crippen molar-refractivity contribution in [1.82, 2.24) is 20.6 Å². The number of aliphatic imine (C=N–C) groups is 1. The normalized spacial score (nSPS) is 12.1. The molecule has 0 atom stereocenters. The number of thiazole rings is 1. The summed E-state index contributed by atoms with van der Waals surface area (Å²) in [6.07, 6.45) is 3.75. The molecule has 158 valence electrons. The van der Waals surface area contributed by atoms with E-state index in [-0.39, 0.29) is 29.4 Å². The first-order chi connectivity index (χ1) is 13.5. The fraction of sp³-hybridized carbons (Fsp3) is 0.476. The predicted molar refractivity (Wildman–Crippen MR) is 131 cm³/mol. The zero-order chi connectivity index (χ0) is 20.0. The van der Waals surface area contributed by atoms with Crippen molar-refractivity contribution in [1.29, 1.82) is 0 Å². The van der Waals surface area contributed by atoms with E-state index in [0.29, 0.717) is 12.4 Å². The number of oxazole rings is 1. The van der Waals surface area contributed by atoms with Crippen molar-refractivity contribution in [2.75, 3.05) is 13.1 Å². The topological polar surface area (TPSA) is 75.3 Å². The number of hydrogen-bond donors (Lipinski definition) is 2. The molecule has 0 unspecified atom stereocenters. The van der Waals surface area contributed by atoms with E-state index in [0.717, 1.165) is 43.2 Å². The fourth-order valence-corrected chi connectivity index (χ4v) is 3.70. The highest BCUT2D eigenvalue weighted by Crippen LogP contribution is 2.23. The number of nitrogens with one attached hydrogen (secondary N) is 2. The minimum Gasteiger partial charge on any atom is -0.443 e. The maximum atomic E-state index is 5.81. The lowest BCUT2D eigenvalue weighted by molar-refractivity contribution is 0.383. The van der Waals surface area contributed by atoms with Crippen LogP contribution in [0.15, 0.2) is 39.9 Å². The third-order valence-electron chi connectivity index (χ3n) is 4.21. The van der Waals surface area contributed by atoms with Gasteiger partial charge >= 0.3 is 0 Å². The summed E-state index contributed by atoms with van der Waals surface area (Å²) in [6, 6.07) is 8.28. The Labute approximate surface area is 193 Å². The molecule has 0 amide bonds. The van der Waals surface area contributed by atoms with Gasteiger partial charge in [0, 0.05) is 24.9 Å². The molecule has 2 heterocycles. The van der Waals surface area contributed by atoms with Gasteiger partial charge in [0.2, 0.25) is 5.89 Å². The average Bonchev–Trinajstić information content (AvgIpc) is 3.29. The van der Waals surface area contributed by atoms with Gasteiger partial charge in [0.25, 0.3) is 0 Å². The van der Waals surface area contributed by atoms with E-state index in [4.69, 9.17) is 4.42 Å². The Kier molecular flexibility index (Phi) is 8.88. The Hall–Kier alpha value is -1.68. The molecule has 0 spiro atoms. The number of hydrogen-bond acceptors (Lipinski definition) is 5. The van der Waals surface area contributed by atoms with Crippen LogP contribution in [-0.4, -0.2) is 29.0 Å². The summed E-state index contributed by atoms with van der Waals surface area (Å²) in [6.45, 7) is 10.4. The first-order valence-corrected chi connectivity index (χ1v) is 10.6. The highest BCUT2D eigenvalue weighted by atomic mass is 127. The van der Waals surface area contributed by atoms with Gasteiger partial charge in [-0.1, -0.05) is 32.9 Å². The summed E-state index contributed by atoms with van der Waals surface area (Å²) in [5.41, 5.74) is 1.05. The number of guanidine groups is 1. The van der Waals surface area contributed by atoms with Crippen LogP contribution in [0.3, 0.4) is 0 Å². The van der Waals surface area contributed by atoms with Gasteiger partial charge in [0.05, 0.1) is 21.4 Å². The lowest BCUT2D eigenvalue weighted by Gasteiger charge is -2.13. The van der Waals surface area contributed by atoms with Gasteiger partial charge in [0.15, 0.2) is 5.96 Å². The highest BCUT2D eigenvalue weighted by Gasteiger charge is 2.19. The minimum absolute atomic E-state index is 0. The third-order valence-corrected chi connectivity index (χ3v) is 5.30. The Balaban J connectivity index is 0.00000300. The van der Waals surface area contributed by atoms with E-state index >= 15 is 0 Å². The summed E-state index contributed by atoms with van der Waals surface area (Å²) < 4.78 is 7.06. The van der Waals surface area contributed by atoms with Crippen LogP contribution >= 0.6 is 35.3 Å². The SMILES string of the molecule is CCNC(=NCc1ncc(C(C)(C)C)o1)NCCCc1nc2ccccc2s1.I. The van der Waals surface area contributed by atoms with E-state index in [1.54, 1.807) is 17.5 Å². The summed E-state index contributed by atoms with van der Waals surface area (Å²) in [5, 5.41) is 7.82. The molecule has 0 bridgehead atoms. The van der Waals surface area contributed by atoms with Gasteiger partial charge in [-0.2, -0.15) is 0 Å². The molecule has 3 rings (SSSR count). The molecular weight excluding hydrogens is 497 g/mol. The highest BCUT2D eigenvalue weighted by molar-refractivity contribution is 14.0. The molecule has 0 radical (unpaired) electrons. The van der Waals surface area contributed by atoms with Crippen LogP contribution < -0.4 is 10.6 Å². The lowest BCUT2D eigenvalue weighted by atomic mass is 9.94. The fourth-order valence-electron chi connectivity index (χ4n) is 2.69.